The van der Waals surface area contributed by atoms with Gasteiger partial charge in [0, 0.05) is 12.5 Å². The van der Waals surface area contributed by atoms with Crippen molar-refractivity contribution in [3.05, 3.63) is 16.9 Å². The minimum atomic E-state index is -3.04. The molecule has 3 nitrogen and oxygen atoms in total. The fourth-order valence-corrected chi connectivity index (χ4v) is 1.68. The van der Waals surface area contributed by atoms with Gasteiger partial charge in [-0.25, -0.2) is 8.42 Å². The summed E-state index contributed by atoms with van der Waals surface area (Å²) in [5.41, 5.74) is 0. The monoisotopic (exact) mass is 223 g/mol. The maximum absolute atomic E-state index is 10.8. The highest BCUT2D eigenvalue weighted by atomic mass is 79.9. The fraction of sp³-hybridized carbons (Fsp3) is 0.200. The molecule has 0 fully saturated rings. The van der Waals surface area contributed by atoms with Gasteiger partial charge in [0.05, 0.1) is 9.50 Å². The van der Waals surface area contributed by atoms with Crippen LogP contribution in [0.25, 0.3) is 0 Å². The van der Waals surface area contributed by atoms with Crippen LogP contribution in [0.2, 0.25) is 0 Å². The van der Waals surface area contributed by atoms with Gasteiger partial charge in [-0.2, -0.15) is 0 Å². The number of H-pyrrole nitrogens is 1. The summed E-state index contributed by atoms with van der Waals surface area (Å²) < 4.78 is 22.3. The molecule has 10 heavy (non-hydrogen) atoms. The van der Waals surface area contributed by atoms with Crippen molar-refractivity contribution in [3.8, 4) is 0 Å². The van der Waals surface area contributed by atoms with E-state index in [0.29, 0.717) is 9.50 Å². The normalized spacial score (nSPS) is 11.8. The lowest BCUT2D eigenvalue weighted by Crippen LogP contribution is -1.93. The largest absolute Gasteiger partial charge is 0.355 e. The maximum atomic E-state index is 10.8. The zero-order chi connectivity index (χ0) is 7.78. The molecule has 0 aliphatic carbocycles. The Bertz CT molecular complexity index is 327. The van der Waals surface area contributed by atoms with E-state index >= 15 is 0 Å². The van der Waals surface area contributed by atoms with Gasteiger partial charge in [-0.1, -0.05) is 0 Å². The van der Waals surface area contributed by atoms with Gasteiger partial charge in [-0.15, -0.1) is 0 Å². The van der Waals surface area contributed by atoms with Gasteiger partial charge in [0.1, 0.15) is 0 Å². The van der Waals surface area contributed by atoms with Crippen molar-refractivity contribution in [1.29, 1.82) is 0 Å². The Morgan fingerprint density at radius 3 is 2.40 bits per heavy atom. The van der Waals surface area contributed by atoms with Crippen LogP contribution in [0.5, 0.6) is 0 Å². The summed E-state index contributed by atoms with van der Waals surface area (Å²) in [7, 11) is -3.04. The zero-order valence-electron chi connectivity index (χ0n) is 5.26. The Kier molecular flexibility index (Phi) is 1.87. The predicted octanol–water partition coefficient (Wildman–Crippen LogP) is 1.18. The average molecular weight is 224 g/mol. The molecule has 0 unspecified atom stereocenters. The van der Waals surface area contributed by atoms with Crippen molar-refractivity contribution < 1.29 is 8.42 Å². The van der Waals surface area contributed by atoms with Gasteiger partial charge < -0.3 is 4.98 Å². The molecule has 0 amide bonds. The lowest BCUT2D eigenvalue weighted by atomic mass is 10.7. The van der Waals surface area contributed by atoms with Gasteiger partial charge in [0.15, 0.2) is 9.84 Å². The highest BCUT2D eigenvalue weighted by Crippen LogP contribution is 2.13. The van der Waals surface area contributed by atoms with Crippen molar-refractivity contribution >= 4 is 25.8 Å². The Hall–Kier alpha value is -0.290. The van der Waals surface area contributed by atoms with Crippen LogP contribution in [0.4, 0.5) is 0 Å². The fourth-order valence-electron chi connectivity index (χ4n) is 0.562. The molecule has 1 aromatic rings. The first kappa shape index (κ1) is 7.81. The van der Waals surface area contributed by atoms with Crippen molar-refractivity contribution in [2.45, 2.75) is 4.90 Å². The molecule has 5 heteroatoms. The quantitative estimate of drug-likeness (QED) is 0.778. The number of aromatic amines is 1. The van der Waals surface area contributed by atoms with Crippen LogP contribution in [-0.4, -0.2) is 19.7 Å². The Labute approximate surface area is 67.5 Å². The van der Waals surface area contributed by atoms with E-state index in [-0.39, 0.29) is 0 Å². The van der Waals surface area contributed by atoms with Crippen molar-refractivity contribution in [2.24, 2.45) is 0 Å². The smallest absolute Gasteiger partial charge is 0.177 e. The molecule has 0 aromatic carbocycles. The first-order chi connectivity index (χ1) is 4.50. The minimum Gasteiger partial charge on any atom is -0.355 e. The second-order valence-corrected chi connectivity index (χ2v) is 4.83. The van der Waals surface area contributed by atoms with Gasteiger partial charge in [0.2, 0.25) is 0 Å². The van der Waals surface area contributed by atoms with Gasteiger partial charge in [-0.3, -0.25) is 0 Å². The lowest BCUT2D eigenvalue weighted by molar-refractivity contribution is 0.602. The third-order valence-corrected chi connectivity index (χ3v) is 2.60. The third-order valence-electron chi connectivity index (χ3n) is 1.05. The van der Waals surface area contributed by atoms with Crippen molar-refractivity contribution in [3.63, 3.8) is 0 Å². The first-order valence-corrected chi connectivity index (χ1v) is 5.22. The summed E-state index contributed by atoms with van der Waals surface area (Å²) in [6, 6.07) is 1.52. The van der Waals surface area contributed by atoms with Crippen LogP contribution in [0, 0.1) is 0 Å². The molecule has 0 atom stereocenters. The van der Waals surface area contributed by atoms with E-state index in [1.165, 1.54) is 18.5 Å². The SMILES string of the molecule is CS(=O)(=O)c1c[nH]c(Br)c1. The van der Waals surface area contributed by atoms with Crippen LogP contribution < -0.4 is 0 Å². The second-order valence-electron chi connectivity index (χ2n) is 1.96. The Balaban J connectivity index is 3.21. The molecule has 1 N–H and O–H groups in total. The summed E-state index contributed by atoms with van der Waals surface area (Å²) in [6.07, 6.45) is 2.61. The Morgan fingerprint density at radius 1 is 1.60 bits per heavy atom. The van der Waals surface area contributed by atoms with Crippen LogP contribution >= 0.6 is 15.9 Å². The standard InChI is InChI=1S/C5H6BrNO2S/c1-10(8,9)4-2-5(6)7-3-4/h2-3,7H,1H3. The average Bonchev–Trinajstić information content (AvgIpc) is 2.11. The molecule has 1 heterocycles. The summed E-state index contributed by atoms with van der Waals surface area (Å²) in [5.74, 6) is 0. The first-order valence-electron chi connectivity index (χ1n) is 2.54. The molecule has 56 valence electrons. The molecule has 0 aliphatic rings. The molecule has 1 aromatic heterocycles. The van der Waals surface area contributed by atoms with Gasteiger partial charge in [-0.05, 0) is 22.0 Å². The van der Waals surface area contributed by atoms with E-state index in [9.17, 15) is 8.42 Å². The third kappa shape index (κ3) is 1.60. The molecule has 0 saturated heterocycles. The second kappa shape index (κ2) is 2.39. The van der Waals surface area contributed by atoms with E-state index in [0.717, 1.165) is 0 Å². The Morgan fingerprint density at radius 2 is 2.20 bits per heavy atom. The summed E-state index contributed by atoms with van der Waals surface area (Å²) >= 11 is 3.10. The number of aromatic nitrogens is 1. The van der Waals surface area contributed by atoms with Crippen LogP contribution in [0.15, 0.2) is 21.8 Å². The topological polar surface area (TPSA) is 49.9 Å². The van der Waals surface area contributed by atoms with Crippen molar-refractivity contribution in [2.75, 3.05) is 6.26 Å². The molecule has 0 spiro atoms. The number of rotatable bonds is 1. The van der Waals surface area contributed by atoms with E-state index < -0.39 is 9.84 Å². The molecule has 0 saturated carbocycles. The van der Waals surface area contributed by atoms with Gasteiger partial charge in [0.25, 0.3) is 0 Å². The minimum absolute atomic E-state index is 0.305. The number of hydrogen-bond donors (Lipinski definition) is 1. The zero-order valence-corrected chi connectivity index (χ0v) is 7.66. The number of hydrogen-bond acceptors (Lipinski definition) is 2. The van der Waals surface area contributed by atoms with Crippen LogP contribution in [0.3, 0.4) is 0 Å². The van der Waals surface area contributed by atoms with E-state index in [1.54, 1.807) is 0 Å². The molecule has 0 bridgehead atoms. The molecule has 0 aliphatic heterocycles. The number of nitrogens with one attached hydrogen (secondary N) is 1. The van der Waals surface area contributed by atoms with Crippen LogP contribution in [0.1, 0.15) is 0 Å². The molecular formula is C5H6BrNO2S. The summed E-state index contributed by atoms with van der Waals surface area (Å²) in [6.45, 7) is 0. The highest BCUT2D eigenvalue weighted by molar-refractivity contribution is 9.10. The summed E-state index contributed by atoms with van der Waals surface area (Å²) in [4.78, 5) is 3.02. The number of sulfone groups is 1. The van der Waals surface area contributed by atoms with E-state index in [2.05, 4.69) is 20.9 Å². The highest BCUT2D eigenvalue weighted by Gasteiger charge is 2.07. The lowest BCUT2D eigenvalue weighted by Gasteiger charge is -1.86. The van der Waals surface area contributed by atoms with Crippen molar-refractivity contribution in [1.82, 2.24) is 4.98 Å². The molecule has 1 rings (SSSR count). The number of halogens is 1. The predicted molar refractivity (Wildman–Crippen MR) is 41.6 cm³/mol. The van der Waals surface area contributed by atoms with E-state index in [4.69, 9.17) is 0 Å². The summed E-state index contributed by atoms with van der Waals surface area (Å²) in [5, 5.41) is 0. The molecular weight excluding hydrogens is 218 g/mol. The van der Waals surface area contributed by atoms with Gasteiger partial charge >= 0.3 is 0 Å². The molecule has 0 radical (unpaired) electrons. The van der Waals surface area contributed by atoms with E-state index in [1.807, 2.05) is 0 Å². The maximum Gasteiger partial charge on any atom is 0.177 e. The van der Waals surface area contributed by atoms with Crippen LogP contribution in [-0.2, 0) is 9.84 Å².